The quantitative estimate of drug-likeness (QED) is 0.146. The predicted octanol–water partition coefficient (Wildman–Crippen LogP) is 8.27. The van der Waals surface area contributed by atoms with Crippen LogP contribution in [0.25, 0.3) is 45.0 Å². The number of hydrazone groups is 1. The molecule has 3 aromatic heterocycles. The molecule has 0 aliphatic rings. The van der Waals surface area contributed by atoms with Gasteiger partial charge in [0.15, 0.2) is 0 Å². The molecule has 3 heterocycles. The number of nitrogens with one attached hydrogen (secondary N) is 1. The monoisotopic (exact) mass is 577 g/mol. The lowest BCUT2D eigenvalue weighted by molar-refractivity contribution is 0.846. The molecule has 0 aliphatic carbocycles. The third kappa shape index (κ3) is 5.51. The number of benzene rings is 4. The zero-order valence-corrected chi connectivity index (χ0v) is 24.2. The van der Waals surface area contributed by atoms with Gasteiger partial charge in [-0.2, -0.15) is 15.3 Å². The molecular formula is C35H27N7S. The molecule has 4 aromatic carbocycles. The summed E-state index contributed by atoms with van der Waals surface area (Å²) >= 11 is 1.52. The summed E-state index contributed by atoms with van der Waals surface area (Å²) in [5, 5.41) is 16.9. The minimum Gasteiger partial charge on any atom is -0.253 e. The Morgan fingerprint density at radius 3 is 2.09 bits per heavy atom. The number of hydrogen-bond donors (Lipinski definition) is 1. The molecule has 7 aromatic rings. The van der Waals surface area contributed by atoms with Crippen LogP contribution in [-0.2, 0) is 0 Å². The number of hydrogen-bond acceptors (Lipinski definition) is 6. The minimum absolute atomic E-state index is 0.712. The van der Waals surface area contributed by atoms with E-state index in [4.69, 9.17) is 10.1 Å². The Balaban J connectivity index is 1.14. The maximum Gasteiger partial charge on any atom is 0.203 e. The maximum absolute atomic E-state index is 4.95. The van der Waals surface area contributed by atoms with Gasteiger partial charge in [-0.3, -0.25) is 5.43 Å². The number of nitrogens with zero attached hydrogens (tertiary/aromatic N) is 6. The van der Waals surface area contributed by atoms with Gasteiger partial charge in [-0.1, -0.05) is 91.0 Å². The van der Waals surface area contributed by atoms with Crippen molar-refractivity contribution in [3.63, 3.8) is 0 Å². The van der Waals surface area contributed by atoms with Crippen LogP contribution in [0.3, 0.4) is 0 Å². The van der Waals surface area contributed by atoms with E-state index in [9.17, 15) is 0 Å². The van der Waals surface area contributed by atoms with E-state index in [-0.39, 0.29) is 0 Å². The third-order valence-corrected chi connectivity index (χ3v) is 7.93. The zero-order valence-electron chi connectivity index (χ0n) is 23.4. The van der Waals surface area contributed by atoms with Gasteiger partial charge in [-0.25, -0.2) is 14.3 Å². The average Bonchev–Trinajstić information content (AvgIpc) is 3.81. The van der Waals surface area contributed by atoms with Gasteiger partial charge in [-0.05, 0) is 42.3 Å². The lowest BCUT2D eigenvalue weighted by Gasteiger charge is -2.05. The van der Waals surface area contributed by atoms with Gasteiger partial charge >= 0.3 is 0 Å². The molecular weight excluding hydrogens is 551 g/mol. The van der Waals surface area contributed by atoms with Crippen LogP contribution in [0.2, 0.25) is 0 Å². The summed E-state index contributed by atoms with van der Waals surface area (Å²) in [7, 11) is 0. The first-order valence-corrected chi connectivity index (χ1v) is 14.8. The van der Waals surface area contributed by atoms with Gasteiger partial charge in [0.05, 0.1) is 35.2 Å². The molecule has 43 heavy (non-hydrogen) atoms. The van der Waals surface area contributed by atoms with Gasteiger partial charge in [0, 0.05) is 28.3 Å². The molecule has 7 rings (SSSR count). The van der Waals surface area contributed by atoms with Gasteiger partial charge < -0.3 is 0 Å². The van der Waals surface area contributed by atoms with Crippen molar-refractivity contribution in [2.24, 2.45) is 5.10 Å². The fraction of sp³-hybridized carbons (Fsp3) is 0.0286. The number of thiazole rings is 1. The van der Waals surface area contributed by atoms with Crippen LogP contribution in [0, 0.1) is 6.92 Å². The molecule has 0 amide bonds. The first-order chi connectivity index (χ1) is 21.2. The Labute approximate surface area is 253 Å². The highest BCUT2D eigenvalue weighted by molar-refractivity contribution is 7.14. The summed E-state index contributed by atoms with van der Waals surface area (Å²) in [4.78, 5) is 4.76. The number of aromatic nitrogens is 5. The summed E-state index contributed by atoms with van der Waals surface area (Å²) in [5.74, 6) is 0. The fourth-order valence-corrected chi connectivity index (χ4v) is 5.62. The first kappa shape index (κ1) is 26.3. The van der Waals surface area contributed by atoms with Crippen molar-refractivity contribution in [3.8, 4) is 45.0 Å². The normalized spacial score (nSPS) is 11.3. The van der Waals surface area contributed by atoms with Crippen LogP contribution >= 0.6 is 11.3 Å². The Hall–Kier alpha value is -5.60. The Kier molecular flexibility index (Phi) is 7.17. The van der Waals surface area contributed by atoms with Crippen molar-refractivity contribution < 1.29 is 0 Å². The maximum atomic E-state index is 4.95. The molecule has 1 N–H and O–H groups in total. The van der Waals surface area contributed by atoms with Gasteiger partial charge in [-0.15, -0.1) is 11.3 Å². The summed E-state index contributed by atoms with van der Waals surface area (Å²) < 4.78 is 3.80. The summed E-state index contributed by atoms with van der Waals surface area (Å²) in [6.45, 7) is 2.06. The van der Waals surface area contributed by atoms with Crippen molar-refractivity contribution >= 4 is 22.7 Å². The summed E-state index contributed by atoms with van der Waals surface area (Å²) in [5.41, 5.74) is 13.0. The van der Waals surface area contributed by atoms with Crippen LogP contribution in [0.15, 0.2) is 138 Å². The molecule has 0 saturated carbocycles. The lowest BCUT2D eigenvalue weighted by atomic mass is 10.0. The van der Waals surface area contributed by atoms with Crippen LogP contribution in [0.1, 0.15) is 11.3 Å². The second-order valence-corrected chi connectivity index (χ2v) is 10.8. The molecule has 0 radical (unpaired) electrons. The lowest BCUT2D eigenvalue weighted by Crippen LogP contribution is -1.99. The molecule has 0 aliphatic heterocycles. The summed E-state index contributed by atoms with van der Waals surface area (Å²) in [6.07, 6.45) is 5.63. The molecule has 208 valence electrons. The van der Waals surface area contributed by atoms with E-state index in [1.165, 1.54) is 22.5 Å². The van der Waals surface area contributed by atoms with Crippen LogP contribution in [-0.4, -0.2) is 30.8 Å². The molecule has 7 nitrogen and oxygen atoms in total. The van der Waals surface area contributed by atoms with E-state index in [2.05, 4.69) is 71.1 Å². The van der Waals surface area contributed by atoms with E-state index in [1.807, 2.05) is 93.9 Å². The number of para-hydroxylation sites is 2. The second kappa shape index (κ2) is 11.7. The highest BCUT2D eigenvalue weighted by Crippen LogP contribution is 2.29. The van der Waals surface area contributed by atoms with E-state index in [0.717, 1.165) is 45.1 Å². The van der Waals surface area contributed by atoms with Crippen molar-refractivity contribution in [1.29, 1.82) is 0 Å². The first-order valence-electron chi connectivity index (χ1n) is 13.9. The van der Waals surface area contributed by atoms with Crippen LogP contribution in [0.4, 0.5) is 5.13 Å². The molecule has 0 bridgehead atoms. The molecule has 0 unspecified atom stereocenters. The fourth-order valence-electron chi connectivity index (χ4n) is 4.95. The van der Waals surface area contributed by atoms with Gasteiger partial charge in [0.2, 0.25) is 5.13 Å². The smallest absolute Gasteiger partial charge is 0.203 e. The Morgan fingerprint density at radius 2 is 1.37 bits per heavy atom. The van der Waals surface area contributed by atoms with Crippen LogP contribution in [0.5, 0.6) is 0 Å². The van der Waals surface area contributed by atoms with E-state index < -0.39 is 0 Å². The molecule has 8 heteroatoms. The minimum atomic E-state index is 0.712. The van der Waals surface area contributed by atoms with Crippen molar-refractivity contribution in [1.82, 2.24) is 24.5 Å². The highest BCUT2D eigenvalue weighted by Gasteiger charge is 2.17. The Morgan fingerprint density at radius 1 is 0.744 bits per heavy atom. The van der Waals surface area contributed by atoms with E-state index >= 15 is 0 Å². The van der Waals surface area contributed by atoms with Crippen molar-refractivity contribution in [3.05, 3.63) is 144 Å². The average molecular weight is 578 g/mol. The third-order valence-electron chi connectivity index (χ3n) is 7.18. The van der Waals surface area contributed by atoms with E-state index in [0.29, 0.717) is 5.13 Å². The predicted molar refractivity (Wildman–Crippen MR) is 175 cm³/mol. The molecule has 0 saturated heterocycles. The van der Waals surface area contributed by atoms with Gasteiger partial charge in [0.25, 0.3) is 0 Å². The molecule has 0 fully saturated rings. The van der Waals surface area contributed by atoms with Crippen molar-refractivity contribution in [2.75, 3.05) is 5.43 Å². The largest absolute Gasteiger partial charge is 0.253 e. The SMILES string of the molecule is Cc1c(-c2nn(-c3ccccc3)cc2/C=N/Nc2nc(-c3ccc(-c4ccccc4)cc3)cs2)cnn1-c1ccccc1. The topological polar surface area (TPSA) is 72.9 Å². The second-order valence-electron chi connectivity index (χ2n) is 9.96. The summed E-state index contributed by atoms with van der Waals surface area (Å²) in [6, 6.07) is 39.0. The number of anilines is 1. The molecule has 0 atom stereocenters. The standard InChI is InChI=1S/C35H27N7S/c1-25-32(22-37-42(25)31-15-9-4-10-16-31)34-29(23-41(40-34)30-13-7-3-8-14-30)21-36-39-35-38-33(24-43-35)28-19-17-27(18-20-28)26-11-5-2-6-12-26/h2-24H,1H3,(H,38,39)/b36-21+. The van der Waals surface area contributed by atoms with Gasteiger partial charge in [0.1, 0.15) is 5.69 Å². The highest BCUT2D eigenvalue weighted by atomic mass is 32.1. The van der Waals surface area contributed by atoms with E-state index in [1.54, 1.807) is 6.21 Å². The number of rotatable bonds is 8. The van der Waals surface area contributed by atoms with Crippen molar-refractivity contribution in [2.45, 2.75) is 6.92 Å². The Bertz CT molecular complexity index is 1990. The zero-order chi connectivity index (χ0) is 29.0. The van der Waals surface area contributed by atoms with Crippen LogP contribution < -0.4 is 5.43 Å². The molecule has 0 spiro atoms.